The van der Waals surface area contributed by atoms with E-state index in [1.165, 1.54) is 12.8 Å². The first-order chi connectivity index (χ1) is 8.00. The summed E-state index contributed by atoms with van der Waals surface area (Å²) in [4.78, 5) is 18.8. The zero-order chi connectivity index (χ0) is 12.8. The molecule has 100 valence electrons. The molecule has 1 atom stereocenters. The van der Waals surface area contributed by atoms with Gasteiger partial charge in [-0.3, -0.25) is 4.84 Å². The van der Waals surface area contributed by atoms with Crippen molar-refractivity contribution < 1.29 is 14.7 Å². The Bertz CT molecular complexity index is 238. The molecule has 0 spiro atoms. The minimum atomic E-state index is -0.533. The van der Waals surface area contributed by atoms with Gasteiger partial charge in [0.05, 0.1) is 12.2 Å². The van der Waals surface area contributed by atoms with E-state index in [0.717, 1.165) is 12.8 Å². The average molecular weight is 244 g/mol. The van der Waals surface area contributed by atoms with Crippen molar-refractivity contribution in [2.45, 2.75) is 64.7 Å². The molecule has 0 bridgehead atoms. The summed E-state index contributed by atoms with van der Waals surface area (Å²) in [5.74, 6) is 0. The summed E-state index contributed by atoms with van der Waals surface area (Å²) in [6.45, 7) is 5.81. The number of hydrogen-bond acceptors (Lipinski definition) is 3. The Hall–Kier alpha value is -0.810. The second-order valence-corrected chi connectivity index (χ2v) is 5.03. The third kappa shape index (κ3) is 4.91. The van der Waals surface area contributed by atoms with E-state index in [1.807, 2.05) is 13.8 Å². The largest absolute Gasteiger partial charge is 0.392 e. The number of aliphatic hydroxyl groups is 1. The van der Waals surface area contributed by atoms with E-state index in [4.69, 9.17) is 4.84 Å². The number of aliphatic hydroxyl groups excluding tert-OH is 1. The second-order valence-electron chi connectivity index (χ2n) is 5.03. The van der Waals surface area contributed by atoms with Gasteiger partial charge in [-0.25, -0.2) is 10.3 Å². The standard InChI is InChI=1S/C12H24N2O3/c1-9(2)14(8-10(3)15)12(16)13-17-11-6-4-5-7-11/h9-11,15H,4-8H2,1-3H3,(H,13,16). The summed E-state index contributed by atoms with van der Waals surface area (Å²) in [6, 6.07) is -0.232. The van der Waals surface area contributed by atoms with Crippen LogP contribution in [-0.2, 0) is 4.84 Å². The van der Waals surface area contributed by atoms with Gasteiger partial charge in [-0.05, 0) is 33.6 Å². The summed E-state index contributed by atoms with van der Waals surface area (Å²) in [5, 5.41) is 9.34. The maximum Gasteiger partial charge on any atom is 0.341 e. The van der Waals surface area contributed by atoms with Crippen molar-refractivity contribution in [1.29, 1.82) is 0 Å². The van der Waals surface area contributed by atoms with Crippen LogP contribution in [0.3, 0.4) is 0 Å². The lowest BCUT2D eigenvalue weighted by atomic mass is 10.3. The lowest BCUT2D eigenvalue weighted by Gasteiger charge is -2.28. The number of amides is 2. The first-order valence-electron chi connectivity index (χ1n) is 6.41. The van der Waals surface area contributed by atoms with Crippen LogP contribution in [0, 0.1) is 0 Å². The van der Waals surface area contributed by atoms with Crippen molar-refractivity contribution >= 4 is 6.03 Å². The minimum Gasteiger partial charge on any atom is -0.392 e. The molecule has 0 aromatic rings. The van der Waals surface area contributed by atoms with Gasteiger partial charge in [0.2, 0.25) is 0 Å². The van der Waals surface area contributed by atoms with Crippen LogP contribution >= 0.6 is 0 Å². The van der Waals surface area contributed by atoms with Crippen LogP contribution in [0.1, 0.15) is 46.5 Å². The third-order valence-electron chi connectivity index (χ3n) is 2.96. The lowest BCUT2D eigenvalue weighted by molar-refractivity contribution is -0.0127. The van der Waals surface area contributed by atoms with Gasteiger partial charge in [0, 0.05) is 12.6 Å². The molecular formula is C12H24N2O3. The van der Waals surface area contributed by atoms with E-state index < -0.39 is 6.10 Å². The van der Waals surface area contributed by atoms with Crippen LogP contribution in [0.25, 0.3) is 0 Å². The Balaban J connectivity index is 2.35. The summed E-state index contributed by atoms with van der Waals surface area (Å²) >= 11 is 0. The number of carbonyl (C=O) groups excluding carboxylic acids is 1. The molecular weight excluding hydrogens is 220 g/mol. The number of urea groups is 1. The molecule has 1 fully saturated rings. The molecule has 5 heteroatoms. The molecule has 0 saturated heterocycles. The fourth-order valence-electron chi connectivity index (χ4n) is 2.01. The zero-order valence-corrected chi connectivity index (χ0v) is 11.0. The summed E-state index contributed by atoms with van der Waals surface area (Å²) in [5.41, 5.74) is 2.49. The maximum atomic E-state index is 11.9. The highest BCUT2D eigenvalue weighted by Gasteiger charge is 2.21. The molecule has 1 rings (SSSR count). The molecule has 0 aromatic heterocycles. The normalized spacial score (nSPS) is 18.4. The SMILES string of the molecule is CC(O)CN(C(=O)NOC1CCCC1)C(C)C. The van der Waals surface area contributed by atoms with Crippen molar-refractivity contribution in [2.24, 2.45) is 0 Å². The van der Waals surface area contributed by atoms with Gasteiger partial charge in [-0.2, -0.15) is 0 Å². The molecule has 0 heterocycles. The number of hydrogen-bond donors (Lipinski definition) is 2. The van der Waals surface area contributed by atoms with Gasteiger partial charge in [-0.15, -0.1) is 0 Å². The molecule has 5 nitrogen and oxygen atoms in total. The average Bonchev–Trinajstić information content (AvgIpc) is 2.74. The van der Waals surface area contributed by atoms with Crippen LogP contribution in [0.4, 0.5) is 4.79 Å². The molecule has 0 aliphatic heterocycles. The van der Waals surface area contributed by atoms with Gasteiger partial charge in [0.1, 0.15) is 0 Å². The van der Waals surface area contributed by atoms with Crippen LogP contribution < -0.4 is 5.48 Å². The summed E-state index contributed by atoms with van der Waals surface area (Å²) in [7, 11) is 0. The molecule has 1 aliphatic rings. The summed E-state index contributed by atoms with van der Waals surface area (Å²) in [6.07, 6.45) is 3.98. The van der Waals surface area contributed by atoms with Gasteiger partial charge in [0.25, 0.3) is 0 Å². The monoisotopic (exact) mass is 244 g/mol. The van der Waals surface area contributed by atoms with Gasteiger partial charge >= 0.3 is 6.03 Å². The van der Waals surface area contributed by atoms with Crippen LogP contribution in [0.15, 0.2) is 0 Å². The molecule has 0 radical (unpaired) electrons. The van der Waals surface area contributed by atoms with E-state index >= 15 is 0 Å². The molecule has 1 aliphatic carbocycles. The van der Waals surface area contributed by atoms with Gasteiger partial charge in [-0.1, -0.05) is 12.8 Å². The highest BCUT2D eigenvalue weighted by Crippen LogP contribution is 2.19. The highest BCUT2D eigenvalue weighted by molar-refractivity contribution is 5.73. The Morgan fingerprint density at radius 3 is 2.47 bits per heavy atom. The summed E-state index contributed by atoms with van der Waals surface area (Å²) < 4.78 is 0. The lowest BCUT2D eigenvalue weighted by Crippen LogP contribution is -2.47. The number of nitrogens with one attached hydrogen (secondary N) is 1. The topological polar surface area (TPSA) is 61.8 Å². The van der Waals surface area contributed by atoms with E-state index in [2.05, 4.69) is 5.48 Å². The van der Waals surface area contributed by atoms with E-state index in [-0.39, 0.29) is 18.2 Å². The fraction of sp³-hybridized carbons (Fsp3) is 0.917. The Labute approximate surface area is 103 Å². The Morgan fingerprint density at radius 1 is 1.41 bits per heavy atom. The van der Waals surface area contributed by atoms with E-state index in [0.29, 0.717) is 6.54 Å². The second kappa shape index (κ2) is 6.81. The van der Waals surface area contributed by atoms with Crippen LogP contribution in [0.2, 0.25) is 0 Å². The first kappa shape index (κ1) is 14.3. The smallest absolute Gasteiger partial charge is 0.341 e. The predicted octanol–water partition coefficient (Wildman–Crippen LogP) is 1.66. The molecule has 0 aromatic carbocycles. The Morgan fingerprint density at radius 2 is 2.00 bits per heavy atom. The van der Waals surface area contributed by atoms with Crippen LogP contribution in [0.5, 0.6) is 0 Å². The maximum absolute atomic E-state index is 11.9. The van der Waals surface area contributed by atoms with Crippen LogP contribution in [-0.4, -0.2) is 40.8 Å². The highest BCUT2D eigenvalue weighted by atomic mass is 16.7. The van der Waals surface area contributed by atoms with Gasteiger partial charge in [0.15, 0.2) is 0 Å². The third-order valence-corrected chi connectivity index (χ3v) is 2.96. The molecule has 2 amide bonds. The van der Waals surface area contributed by atoms with Crippen molar-refractivity contribution in [2.75, 3.05) is 6.54 Å². The predicted molar refractivity (Wildman–Crippen MR) is 65.4 cm³/mol. The Kier molecular flexibility index (Phi) is 5.71. The zero-order valence-electron chi connectivity index (χ0n) is 11.0. The number of rotatable bonds is 5. The molecule has 1 unspecified atom stereocenters. The van der Waals surface area contributed by atoms with Crippen molar-refractivity contribution in [1.82, 2.24) is 10.4 Å². The first-order valence-corrected chi connectivity index (χ1v) is 6.41. The number of carbonyl (C=O) groups is 1. The minimum absolute atomic E-state index is 0.0387. The quantitative estimate of drug-likeness (QED) is 0.723. The van der Waals surface area contributed by atoms with Gasteiger partial charge < -0.3 is 10.0 Å². The van der Waals surface area contributed by atoms with Crippen molar-refractivity contribution in [3.05, 3.63) is 0 Å². The number of nitrogens with zero attached hydrogens (tertiary/aromatic N) is 1. The van der Waals surface area contributed by atoms with Crippen molar-refractivity contribution in [3.8, 4) is 0 Å². The number of hydroxylamine groups is 1. The molecule has 17 heavy (non-hydrogen) atoms. The molecule has 2 N–H and O–H groups in total. The van der Waals surface area contributed by atoms with E-state index in [1.54, 1.807) is 11.8 Å². The van der Waals surface area contributed by atoms with Crippen molar-refractivity contribution in [3.63, 3.8) is 0 Å². The van der Waals surface area contributed by atoms with E-state index in [9.17, 15) is 9.90 Å². The fourth-order valence-corrected chi connectivity index (χ4v) is 2.01. The molecule has 1 saturated carbocycles.